The number of carbonyl (C=O) groups is 2. The van der Waals surface area contributed by atoms with Crippen molar-refractivity contribution in [2.24, 2.45) is 0 Å². The number of carbonyl (C=O) groups excluding carboxylic acids is 2. The summed E-state index contributed by atoms with van der Waals surface area (Å²) in [4.78, 5) is 39.0. The third-order valence-corrected chi connectivity index (χ3v) is 5.85. The molecule has 0 atom stereocenters. The van der Waals surface area contributed by atoms with Gasteiger partial charge in [0.25, 0.3) is 11.6 Å². The minimum Gasteiger partial charge on any atom is -0.493 e. The van der Waals surface area contributed by atoms with E-state index in [-0.39, 0.29) is 30.5 Å². The molecule has 0 spiro atoms. The zero-order chi connectivity index (χ0) is 22.5. The average molecular weight is 438 g/mol. The summed E-state index contributed by atoms with van der Waals surface area (Å²) in [5.41, 5.74) is 2.80. The highest BCUT2D eigenvalue weighted by atomic mass is 16.6. The van der Waals surface area contributed by atoms with Crippen LogP contribution in [0.25, 0.3) is 0 Å². The van der Waals surface area contributed by atoms with Crippen molar-refractivity contribution in [3.63, 3.8) is 0 Å². The van der Waals surface area contributed by atoms with Crippen LogP contribution in [0.3, 0.4) is 0 Å². The van der Waals surface area contributed by atoms with E-state index in [1.165, 1.54) is 35.4 Å². The molecule has 1 N–H and O–H groups in total. The first-order valence-electron chi connectivity index (χ1n) is 10.8. The van der Waals surface area contributed by atoms with Crippen molar-refractivity contribution in [2.75, 3.05) is 39.3 Å². The Morgan fingerprint density at radius 1 is 1.06 bits per heavy atom. The fourth-order valence-corrected chi connectivity index (χ4v) is 4.03. The van der Waals surface area contributed by atoms with Crippen LogP contribution < -0.4 is 10.1 Å². The SMILES string of the molecule is O=C(NCCC(=O)N1CCN(Cc2ccc3c(c2)CCO3)CC1)c1ccc([N+](=O)[O-])cc1. The van der Waals surface area contributed by atoms with Crippen LogP contribution in [0.2, 0.25) is 0 Å². The predicted octanol–water partition coefficient (Wildman–Crippen LogP) is 1.99. The highest BCUT2D eigenvalue weighted by Crippen LogP contribution is 2.26. The van der Waals surface area contributed by atoms with Crippen molar-refractivity contribution in [3.05, 3.63) is 69.3 Å². The molecule has 2 heterocycles. The number of piperazine rings is 1. The smallest absolute Gasteiger partial charge is 0.269 e. The molecule has 4 rings (SSSR count). The Hall–Kier alpha value is -3.46. The molecule has 0 saturated carbocycles. The van der Waals surface area contributed by atoms with E-state index in [1.807, 2.05) is 11.0 Å². The van der Waals surface area contributed by atoms with Gasteiger partial charge >= 0.3 is 0 Å². The number of nitrogens with zero attached hydrogens (tertiary/aromatic N) is 3. The molecule has 2 aliphatic rings. The molecule has 0 unspecified atom stereocenters. The quantitative estimate of drug-likeness (QED) is 0.524. The molecular weight excluding hydrogens is 412 g/mol. The maximum Gasteiger partial charge on any atom is 0.269 e. The lowest BCUT2D eigenvalue weighted by Crippen LogP contribution is -2.48. The normalized spacial score (nSPS) is 15.7. The highest BCUT2D eigenvalue weighted by Gasteiger charge is 2.22. The van der Waals surface area contributed by atoms with Crippen LogP contribution in [-0.2, 0) is 17.8 Å². The van der Waals surface area contributed by atoms with E-state index in [4.69, 9.17) is 4.74 Å². The number of non-ortho nitro benzene ring substituents is 1. The van der Waals surface area contributed by atoms with Crippen molar-refractivity contribution < 1.29 is 19.2 Å². The van der Waals surface area contributed by atoms with Crippen LogP contribution in [0.15, 0.2) is 42.5 Å². The molecule has 2 aromatic rings. The number of nitro benzene ring substituents is 1. The maximum atomic E-state index is 12.5. The molecule has 0 aliphatic carbocycles. The van der Waals surface area contributed by atoms with Gasteiger partial charge in [-0.2, -0.15) is 0 Å². The first-order chi connectivity index (χ1) is 15.5. The number of nitrogens with one attached hydrogen (secondary N) is 1. The minimum atomic E-state index is -0.513. The lowest BCUT2D eigenvalue weighted by molar-refractivity contribution is -0.384. The first kappa shape index (κ1) is 21.8. The summed E-state index contributed by atoms with van der Waals surface area (Å²) in [7, 11) is 0. The number of benzene rings is 2. The monoisotopic (exact) mass is 438 g/mol. The Kier molecular flexibility index (Phi) is 6.65. The topological polar surface area (TPSA) is 105 Å². The van der Waals surface area contributed by atoms with E-state index in [1.54, 1.807) is 0 Å². The summed E-state index contributed by atoms with van der Waals surface area (Å²) in [5, 5.41) is 13.4. The number of hydrogen-bond donors (Lipinski definition) is 1. The van der Waals surface area contributed by atoms with Gasteiger partial charge in [0.05, 0.1) is 11.5 Å². The van der Waals surface area contributed by atoms with Gasteiger partial charge in [-0.15, -0.1) is 0 Å². The molecule has 9 nitrogen and oxygen atoms in total. The van der Waals surface area contributed by atoms with Crippen molar-refractivity contribution in [1.29, 1.82) is 0 Å². The third kappa shape index (κ3) is 5.23. The van der Waals surface area contributed by atoms with Crippen molar-refractivity contribution in [2.45, 2.75) is 19.4 Å². The van der Waals surface area contributed by atoms with Gasteiger partial charge in [0.2, 0.25) is 5.91 Å². The molecule has 1 fully saturated rings. The number of fused-ring (bicyclic) bond motifs is 1. The second kappa shape index (κ2) is 9.78. The molecule has 2 aliphatic heterocycles. The molecule has 1 saturated heterocycles. The summed E-state index contributed by atoms with van der Waals surface area (Å²) in [6, 6.07) is 11.8. The predicted molar refractivity (Wildman–Crippen MR) is 118 cm³/mol. The standard InChI is InChI=1S/C23H26N4O5/c28-22(7-9-24-23(29)18-2-4-20(5-3-18)27(30)31)26-12-10-25(11-13-26)16-17-1-6-21-19(15-17)8-14-32-21/h1-6,15H,7-14,16H2,(H,24,29). The molecule has 2 aromatic carbocycles. The van der Waals surface area contributed by atoms with Crippen LogP contribution in [0.5, 0.6) is 5.75 Å². The van der Waals surface area contributed by atoms with Crippen LogP contribution in [-0.4, -0.2) is 65.9 Å². The molecule has 168 valence electrons. The van der Waals surface area contributed by atoms with Gasteiger partial charge < -0.3 is 15.0 Å². The third-order valence-electron chi connectivity index (χ3n) is 5.85. The van der Waals surface area contributed by atoms with E-state index in [0.717, 1.165) is 38.4 Å². The number of amides is 2. The summed E-state index contributed by atoms with van der Waals surface area (Å²) in [6.45, 7) is 4.82. The van der Waals surface area contributed by atoms with Crippen LogP contribution >= 0.6 is 0 Å². The fourth-order valence-electron chi connectivity index (χ4n) is 4.03. The number of rotatable bonds is 7. The first-order valence-corrected chi connectivity index (χ1v) is 10.8. The van der Waals surface area contributed by atoms with Gasteiger partial charge in [-0.3, -0.25) is 24.6 Å². The van der Waals surface area contributed by atoms with Crippen molar-refractivity contribution >= 4 is 17.5 Å². The van der Waals surface area contributed by atoms with Crippen LogP contribution in [0, 0.1) is 10.1 Å². The number of nitro groups is 1. The molecule has 0 bridgehead atoms. The van der Waals surface area contributed by atoms with Crippen LogP contribution in [0.4, 0.5) is 5.69 Å². The minimum absolute atomic E-state index is 0.0170. The Bertz CT molecular complexity index is 1000. The summed E-state index contributed by atoms with van der Waals surface area (Å²) >= 11 is 0. The van der Waals surface area contributed by atoms with E-state index in [0.29, 0.717) is 18.7 Å². The van der Waals surface area contributed by atoms with Gasteiger partial charge in [0.15, 0.2) is 0 Å². The molecule has 32 heavy (non-hydrogen) atoms. The fraction of sp³-hybridized carbons (Fsp3) is 0.391. The van der Waals surface area contributed by atoms with Crippen molar-refractivity contribution in [3.8, 4) is 5.75 Å². The Labute approximate surface area is 186 Å². The average Bonchev–Trinajstić information content (AvgIpc) is 3.27. The summed E-state index contributed by atoms with van der Waals surface area (Å²) in [6.07, 6.45) is 1.19. The lowest BCUT2D eigenvalue weighted by Gasteiger charge is -2.35. The van der Waals surface area contributed by atoms with Gasteiger partial charge in [0.1, 0.15) is 5.75 Å². The second-order valence-electron chi connectivity index (χ2n) is 8.01. The Morgan fingerprint density at radius 3 is 2.53 bits per heavy atom. The highest BCUT2D eigenvalue weighted by molar-refractivity contribution is 5.94. The zero-order valence-corrected chi connectivity index (χ0v) is 17.8. The second-order valence-corrected chi connectivity index (χ2v) is 8.01. The van der Waals surface area contributed by atoms with Gasteiger partial charge in [-0.05, 0) is 29.3 Å². The van der Waals surface area contributed by atoms with Gasteiger partial charge in [-0.1, -0.05) is 12.1 Å². The molecule has 9 heteroatoms. The van der Waals surface area contributed by atoms with E-state index in [2.05, 4.69) is 22.3 Å². The van der Waals surface area contributed by atoms with Crippen LogP contribution in [0.1, 0.15) is 27.9 Å². The zero-order valence-electron chi connectivity index (χ0n) is 17.8. The van der Waals surface area contributed by atoms with E-state index < -0.39 is 4.92 Å². The maximum absolute atomic E-state index is 12.5. The lowest BCUT2D eigenvalue weighted by atomic mass is 10.1. The molecule has 0 aromatic heterocycles. The number of ether oxygens (including phenoxy) is 1. The Morgan fingerprint density at radius 2 is 1.81 bits per heavy atom. The van der Waals surface area contributed by atoms with E-state index in [9.17, 15) is 19.7 Å². The van der Waals surface area contributed by atoms with E-state index >= 15 is 0 Å². The summed E-state index contributed by atoms with van der Waals surface area (Å²) in [5.74, 6) is 0.658. The Balaban J connectivity index is 1.17. The van der Waals surface area contributed by atoms with Gasteiger partial charge in [0, 0.05) is 69.8 Å². The van der Waals surface area contributed by atoms with Crippen molar-refractivity contribution in [1.82, 2.24) is 15.1 Å². The molecule has 2 amide bonds. The largest absolute Gasteiger partial charge is 0.493 e. The van der Waals surface area contributed by atoms with Gasteiger partial charge in [-0.25, -0.2) is 0 Å². The summed E-state index contributed by atoms with van der Waals surface area (Å²) < 4.78 is 5.56. The molecular formula is C23H26N4O5. The number of hydrogen-bond acceptors (Lipinski definition) is 6. The molecule has 0 radical (unpaired) electrons.